The van der Waals surface area contributed by atoms with Crippen LogP contribution < -0.4 is 10.1 Å². The largest absolute Gasteiger partial charge is 0.493 e. The number of piperidine rings is 1. The van der Waals surface area contributed by atoms with Crippen molar-refractivity contribution < 1.29 is 14.6 Å². The van der Waals surface area contributed by atoms with E-state index in [1.807, 2.05) is 24.3 Å². The van der Waals surface area contributed by atoms with E-state index in [9.17, 15) is 9.90 Å². The van der Waals surface area contributed by atoms with Crippen LogP contribution in [0.2, 0.25) is 0 Å². The van der Waals surface area contributed by atoms with Gasteiger partial charge in [-0.15, -0.1) is 0 Å². The number of rotatable bonds is 5. The number of hydrogen-bond donors (Lipinski definition) is 2. The van der Waals surface area contributed by atoms with Gasteiger partial charge in [-0.3, -0.25) is 0 Å². The molecule has 5 heteroatoms. The summed E-state index contributed by atoms with van der Waals surface area (Å²) in [5, 5.41) is 12.6. The fourth-order valence-corrected chi connectivity index (χ4v) is 2.47. The zero-order chi connectivity index (χ0) is 15.9. The summed E-state index contributed by atoms with van der Waals surface area (Å²) < 4.78 is 5.79. The quantitative estimate of drug-likeness (QED) is 0.878. The molecule has 1 aliphatic rings. The number of benzene rings is 1. The average molecular weight is 306 g/mol. The number of carbonyl (C=O) groups excluding carboxylic acids is 1. The van der Waals surface area contributed by atoms with Crippen LogP contribution in [0.25, 0.3) is 0 Å². The maximum Gasteiger partial charge on any atom is 0.317 e. The van der Waals surface area contributed by atoms with Crippen LogP contribution in [0.4, 0.5) is 4.79 Å². The van der Waals surface area contributed by atoms with Crippen LogP contribution in [0.1, 0.15) is 32.3 Å². The monoisotopic (exact) mass is 306 g/mol. The molecule has 1 aromatic rings. The van der Waals surface area contributed by atoms with Crippen molar-refractivity contribution in [3.05, 3.63) is 29.8 Å². The Kier molecular flexibility index (Phi) is 6.07. The number of carbonyl (C=O) groups is 1. The summed E-state index contributed by atoms with van der Waals surface area (Å²) in [5.41, 5.74) is 0.967. The molecule has 1 aliphatic heterocycles. The maximum absolute atomic E-state index is 12.2. The molecule has 2 N–H and O–H groups in total. The number of hydrogen-bond acceptors (Lipinski definition) is 3. The molecule has 1 heterocycles. The number of amides is 2. The first kappa shape index (κ1) is 16.6. The number of likely N-dealkylation sites (tertiary alicyclic amines) is 1. The van der Waals surface area contributed by atoms with Crippen LogP contribution in [0.3, 0.4) is 0 Å². The summed E-state index contributed by atoms with van der Waals surface area (Å²) in [7, 11) is 0. The normalized spacial score (nSPS) is 18.4. The second-order valence-corrected chi connectivity index (χ2v) is 6.21. The summed E-state index contributed by atoms with van der Waals surface area (Å²) in [6, 6.07) is 7.63. The van der Waals surface area contributed by atoms with Gasteiger partial charge in [-0.2, -0.15) is 0 Å². The van der Waals surface area contributed by atoms with Crippen molar-refractivity contribution in [3.63, 3.8) is 0 Å². The zero-order valence-electron chi connectivity index (χ0n) is 13.4. The fourth-order valence-electron chi connectivity index (χ4n) is 2.47. The highest BCUT2D eigenvalue weighted by atomic mass is 16.5. The number of urea groups is 1. The molecule has 0 spiro atoms. The van der Waals surface area contributed by atoms with Gasteiger partial charge in [-0.1, -0.05) is 32.0 Å². The second-order valence-electron chi connectivity index (χ2n) is 6.21. The Bertz CT molecular complexity index is 491. The SMILES string of the molecule is CC(C)COc1ccccc1CNC(=O)N1CCCC(O)C1. The number of nitrogens with one attached hydrogen (secondary N) is 1. The predicted molar refractivity (Wildman–Crippen MR) is 85.8 cm³/mol. The van der Waals surface area contributed by atoms with E-state index in [0.717, 1.165) is 24.2 Å². The number of ether oxygens (including phenoxy) is 1. The lowest BCUT2D eigenvalue weighted by atomic mass is 10.1. The van der Waals surface area contributed by atoms with Crippen molar-refractivity contribution >= 4 is 6.03 Å². The van der Waals surface area contributed by atoms with E-state index in [2.05, 4.69) is 19.2 Å². The van der Waals surface area contributed by atoms with Gasteiger partial charge >= 0.3 is 6.03 Å². The molecule has 1 aromatic carbocycles. The Labute approximate surface area is 132 Å². The topological polar surface area (TPSA) is 61.8 Å². The first-order valence-corrected chi connectivity index (χ1v) is 7.98. The Balaban J connectivity index is 1.89. The maximum atomic E-state index is 12.2. The lowest BCUT2D eigenvalue weighted by Crippen LogP contribution is -2.46. The lowest BCUT2D eigenvalue weighted by Gasteiger charge is -2.30. The van der Waals surface area contributed by atoms with Crippen molar-refractivity contribution in [2.24, 2.45) is 5.92 Å². The van der Waals surface area contributed by atoms with Gasteiger partial charge in [-0.25, -0.2) is 4.79 Å². The van der Waals surface area contributed by atoms with Crippen LogP contribution in [-0.2, 0) is 6.54 Å². The Morgan fingerprint density at radius 3 is 2.95 bits per heavy atom. The molecule has 2 amide bonds. The highest BCUT2D eigenvalue weighted by molar-refractivity contribution is 5.74. The Hall–Kier alpha value is -1.75. The van der Waals surface area contributed by atoms with Crippen LogP contribution >= 0.6 is 0 Å². The van der Waals surface area contributed by atoms with Crippen molar-refractivity contribution in [2.75, 3.05) is 19.7 Å². The van der Waals surface area contributed by atoms with Gasteiger partial charge in [0.1, 0.15) is 5.75 Å². The average Bonchev–Trinajstić information content (AvgIpc) is 2.51. The molecule has 1 unspecified atom stereocenters. The smallest absolute Gasteiger partial charge is 0.317 e. The third-order valence-corrected chi connectivity index (χ3v) is 3.66. The molecule has 1 fully saturated rings. The highest BCUT2D eigenvalue weighted by Gasteiger charge is 2.21. The van der Waals surface area contributed by atoms with Crippen molar-refractivity contribution in [1.29, 1.82) is 0 Å². The highest BCUT2D eigenvalue weighted by Crippen LogP contribution is 2.19. The van der Waals surface area contributed by atoms with Gasteiger partial charge in [0, 0.05) is 25.2 Å². The number of β-amino-alcohol motifs (C(OH)–C–C–N with tert-alkyl or cyclic N) is 1. The fraction of sp³-hybridized carbons (Fsp3) is 0.588. The molecular weight excluding hydrogens is 280 g/mol. The molecule has 5 nitrogen and oxygen atoms in total. The molecule has 2 rings (SSSR count). The summed E-state index contributed by atoms with van der Waals surface area (Å²) in [5.74, 6) is 1.27. The molecular formula is C17H26N2O3. The van der Waals surface area contributed by atoms with E-state index in [1.165, 1.54) is 0 Å². The summed E-state index contributed by atoms with van der Waals surface area (Å²) in [6.45, 7) is 6.41. The summed E-state index contributed by atoms with van der Waals surface area (Å²) in [6.07, 6.45) is 1.22. The van der Waals surface area contributed by atoms with Gasteiger partial charge in [0.2, 0.25) is 0 Å². The van der Waals surface area contributed by atoms with E-state index in [1.54, 1.807) is 4.90 Å². The molecule has 0 aromatic heterocycles. The number of aliphatic hydroxyl groups is 1. The van der Waals surface area contributed by atoms with Crippen molar-refractivity contribution in [2.45, 2.75) is 39.3 Å². The summed E-state index contributed by atoms with van der Waals surface area (Å²) in [4.78, 5) is 13.8. The molecule has 122 valence electrons. The number of para-hydroxylation sites is 1. The lowest BCUT2D eigenvalue weighted by molar-refractivity contribution is 0.0841. The number of aliphatic hydroxyl groups excluding tert-OH is 1. The van der Waals surface area contributed by atoms with Gasteiger partial charge in [0.05, 0.1) is 12.7 Å². The predicted octanol–water partition coefficient (Wildman–Crippen LogP) is 2.39. The molecule has 0 bridgehead atoms. The number of nitrogens with zero attached hydrogens (tertiary/aromatic N) is 1. The second kappa shape index (κ2) is 8.03. The minimum absolute atomic E-state index is 0.127. The van der Waals surface area contributed by atoms with E-state index >= 15 is 0 Å². The summed E-state index contributed by atoms with van der Waals surface area (Å²) >= 11 is 0. The zero-order valence-corrected chi connectivity index (χ0v) is 13.4. The van der Waals surface area contributed by atoms with E-state index in [0.29, 0.717) is 32.2 Å². The van der Waals surface area contributed by atoms with Crippen LogP contribution in [0.15, 0.2) is 24.3 Å². The van der Waals surface area contributed by atoms with Gasteiger partial charge in [0.25, 0.3) is 0 Å². The molecule has 1 saturated heterocycles. The molecule has 22 heavy (non-hydrogen) atoms. The van der Waals surface area contributed by atoms with Gasteiger partial charge < -0.3 is 20.1 Å². The first-order valence-electron chi connectivity index (χ1n) is 7.98. The van der Waals surface area contributed by atoms with Crippen molar-refractivity contribution in [1.82, 2.24) is 10.2 Å². The minimum Gasteiger partial charge on any atom is -0.493 e. The Morgan fingerprint density at radius 2 is 2.23 bits per heavy atom. The standard InChI is InChI=1S/C17H26N2O3/c1-13(2)12-22-16-8-4-3-6-14(16)10-18-17(21)19-9-5-7-15(20)11-19/h3-4,6,8,13,15,20H,5,7,9-12H2,1-2H3,(H,18,21). The minimum atomic E-state index is -0.402. The van der Waals surface area contributed by atoms with Gasteiger partial charge in [0.15, 0.2) is 0 Å². The Morgan fingerprint density at radius 1 is 1.45 bits per heavy atom. The third-order valence-electron chi connectivity index (χ3n) is 3.66. The van der Waals surface area contributed by atoms with Crippen LogP contribution in [0, 0.1) is 5.92 Å². The molecule has 0 saturated carbocycles. The third kappa shape index (κ3) is 4.91. The van der Waals surface area contributed by atoms with E-state index < -0.39 is 6.10 Å². The molecule has 1 atom stereocenters. The first-order chi connectivity index (χ1) is 10.6. The van der Waals surface area contributed by atoms with Crippen LogP contribution in [-0.4, -0.2) is 41.8 Å². The van der Waals surface area contributed by atoms with Crippen molar-refractivity contribution in [3.8, 4) is 5.75 Å². The molecule has 0 aliphatic carbocycles. The van der Waals surface area contributed by atoms with Crippen LogP contribution in [0.5, 0.6) is 5.75 Å². The molecule has 0 radical (unpaired) electrons. The van der Waals surface area contributed by atoms with E-state index in [-0.39, 0.29) is 6.03 Å². The van der Waals surface area contributed by atoms with Gasteiger partial charge in [-0.05, 0) is 24.8 Å². The van der Waals surface area contributed by atoms with E-state index in [4.69, 9.17) is 4.74 Å².